The number of nitrogens with one attached hydrogen (secondary N) is 1. The molecule has 0 aromatic heterocycles. The molecular formula is C12H16ClFN2O4S. The predicted octanol–water partition coefficient (Wildman–Crippen LogP) is 1.28. The molecule has 118 valence electrons. The van der Waals surface area contributed by atoms with E-state index in [1.807, 2.05) is 0 Å². The second kappa shape index (κ2) is 7.69. The molecule has 1 amide bonds. The van der Waals surface area contributed by atoms with Gasteiger partial charge in [0.2, 0.25) is 10.0 Å². The van der Waals surface area contributed by atoms with Gasteiger partial charge in [-0.25, -0.2) is 17.9 Å². The number of halogens is 2. The summed E-state index contributed by atoms with van der Waals surface area (Å²) in [6.07, 6.45) is 1.44. The summed E-state index contributed by atoms with van der Waals surface area (Å²) in [4.78, 5) is 11.1. The minimum atomic E-state index is -4.27. The number of unbranched alkanes of at least 4 members (excludes halogenated alkanes) is 1. The number of rotatable bonds is 7. The number of primary sulfonamides is 1. The van der Waals surface area contributed by atoms with E-state index in [-0.39, 0.29) is 10.6 Å². The van der Waals surface area contributed by atoms with Gasteiger partial charge in [-0.3, -0.25) is 4.79 Å². The Labute approximate surface area is 127 Å². The van der Waals surface area contributed by atoms with Crippen molar-refractivity contribution in [1.82, 2.24) is 5.32 Å². The number of carbonyl (C=O) groups is 1. The monoisotopic (exact) mass is 338 g/mol. The molecule has 0 atom stereocenters. The van der Waals surface area contributed by atoms with Crippen molar-refractivity contribution < 1.29 is 22.3 Å². The molecule has 9 heteroatoms. The highest BCUT2D eigenvalue weighted by atomic mass is 35.5. The Morgan fingerprint density at radius 3 is 2.67 bits per heavy atom. The minimum absolute atomic E-state index is 0.145. The highest BCUT2D eigenvalue weighted by molar-refractivity contribution is 7.89. The van der Waals surface area contributed by atoms with Gasteiger partial charge in [0, 0.05) is 20.3 Å². The smallest absolute Gasteiger partial charge is 0.252 e. The third-order valence-electron chi connectivity index (χ3n) is 2.63. The molecule has 3 N–H and O–H groups in total. The van der Waals surface area contributed by atoms with Crippen LogP contribution in [0.1, 0.15) is 23.2 Å². The van der Waals surface area contributed by atoms with Gasteiger partial charge in [0.15, 0.2) is 0 Å². The Kier molecular flexibility index (Phi) is 6.53. The van der Waals surface area contributed by atoms with Gasteiger partial charge in [-0.15, -0.1) is 0 Å². The average molecular weight is 339 g/mol. The lowest BCUT2D eigenvalue weighted by atomic mass is 10.2. The van der Waals surface area contributed by atoms with Crippen molar-refractivity contribution >= 4 is 27.5 Å². The average Bonchev–Trinajstić information content (AvgIpc) is 2.36. The molecule has 1 rings (SSSR count). The molecule has 0 unspecified atom stereocenters. The van der Waals surface area contributed by atoms with E-state index in [2.05, 4.69) is 5.32 Å². The highest BCUT2D eigenvalue weighted by Crippen LogP contribution is 2.23. The molecule has 1 aromatic rings. The summed E-state index contributed by atoms with van der Waals surface area (Å²) in [5, 5.41) is 7.25. The minimum Gasteiger partial charge on any atom is -0.385 e. The molecule has 1 aromatic carbocycles. The van der Waals surface area contributed by atoms with Gasteiger partial charge in [0.05, 0.1) is 10.6 Å². The maximum atomic E-state index is 13.5. The molecule has 0 heterocycles. The number of hydrogen-bond donors (Lipinski definition) is 2. The molecule has 0 aliphatic rings. The molecule has 21 heavy (non-hydrogen) atoms. The lowest BCUT2D eigenvalue weighted by molar-refractivity contribution is 0.0951. The van der Waals surface area contributed by atoms with Crippen molar-refractivity contribution in [1.29, 1.82) is 0 Å². The quantitative estimate of drug-likeness (QED) is 0.732. The molecule has 0 aliphatic heterocycles. The van der Waals surface area contributed by atoms with Gasteiger partial charge in [-0.1, -0.05) is 11.6 Å². The van der Waals surface area contributed by atoms with Gasteiger partial charge in [0.1, 0.15) is 10.7 Å². The Hall–Kier alpha value is -1.22. The standard InChI is InChI=1S/C12H16ClFN2O4S/c1-20-5-3-2-4-16-12(17)8-6-11(21(15,18)19)10(14)7-9(8)13/h6-7H,2-5H2,1H3,(H,16,17)(H2,15,18,19). The molecular weight excluding hydrogens is 323 g/mol. The Morgan fingerprint density at radius 1 is 1.43 bits per heavy atom. The fourth-order valence-electron chi connectivity index (χ4n) is 1.59. The summed E-state index contributed by atoms with van der Waals surface area (Å²) in [5.74, 6) is -1.69. The van der Waals surface area contributed by atoms with Crippen LogP contribution in [0.3, 0.4) is 0 Å². The normalized spacial score (nSPS) is 11.4. The number of ether oxygens (including phenoxy) is 1. The van der Waals surface area contributed by atoms with Gasteiger partial charge < -0.3 is 10.1 Å². The molecule has 0 bridgehead atoms. The SMILES string of the molecule is COCCCCNC(=O)c1cc(S(N)(=O)=O)c(F)cc1Cl. The number of hydrogen-bond acceptors (Lipinski definition) is 4. The van der Waals surface area contributed by atoms with Gasteiger partial charge in [-0.2, -0.15) is 0 Å². The molecule has 6 nitrogen and oxygen atoms in total. The van der Waals surface area contributed by atoms with Crippen LogP contribution in [-0.4, -0.2) is 34.6 Å². The van der Waals surface area contributed by atoms with Crippen LogP contribution in [0.4, 0.5) is 4.39 Å². The Morgan fingerprint density at radius 2 is 2.10 bits per heavy atom. The zero-order valence-corrected chi connectivity index (χ0v) is 12.9. The van der Waals surface area contributed by atoms with Crippen molar-refractivity contribution in [3.05, 3.63) is 28.5 Å². The Bertz CT molecular complexity index is 622. The molecule has 0 saturated heterocycles. The summed E-state index contributed by atoms with van der Waals surface area (Å²) < 4.78 is 40.8. The lowest BCUT2D eigenvalue weighted by Gasteiger charge is -2.09. The zero-order valence-electron chi connectivity index (χ0n) is 11.4. The number of nitrogens with two attached hydrogens (primary N) is 1. The first-order chi connectivity index (χ1) is 9.77. The predicted molar refractivity (Wildman–Crippen MR) is 76.2 cm³/mol. The van der Waals surface area contributed by atoms with Gasteiger partial charge in [0.25, 0.3) is 5.91 Å². The zero-order chi connectivity index (χ0) is 16.0. The third kappa shape index (κ3) is 5.24. The van der Waals surface area contributed by atoms with Crippen LogP contribution in [-0.2, 0) is 14.8 Å². The van der Waals surface area contributed by atoms with Crippen LogP contribution < -0.4 is 10.5 Å². The molecule has 0 fully saturated rings. The van der Waals surface area contributed by atoms with Crippen LogP contribution in [0.25, 0.3) is 0 Å². The van der Waals surface area contributed by atoms with Crippen LogP contribution in [0.5, 0.6) is 0 Å². The number of carbonyl (C=O) groups excluding carboxylic acids is 1. The van der Waals surface area contributed by atoms with Crippen molar-refractivity contribution in [2.45, 2.75) is 17.7 Å². The first kappa shape index (κ1) is 17.8. The molecule has 0 aliphatic carbocycles. The number of methoxy groups -OCH3 is 1. The van der Waals surface area contributed by atoms with E-state index in [0.717, 1.165) is 18.6 Å². The summed E-state index contributed by atoms with van der Waals surface area (Å²) >= 11 is 5.75. The fraction of sp³-hybridized carbons (Fsp3) is 0.417. The number of amides is 1. The second-order valence-corrected chi connectivity index (χ2v) is 6.20. The van der Waals surface area contributed by atoms with Crippen molar-refractivity contribution in [2.24, 2.45) is 5.14 Å². The summed E-state index contributed by atoms with van der Waals surface area (Å²) in [7, 11) is -2.69. The van der Waals surface area contributed by atoms with Crippen molar-refractivity contribution in [2.75, 3.05) is 20.3 Å². The second-order valence-electron chi connectivity index (χ2n) is 4.26. The van der Waals surface area contributed by atoms with E-state index >= 15 is 0 Å². The van der Waals surface area contributed by atoms with Crippen molar-refractivity contribution in [3.63, 3.8) is 0 Å². The first-order valence-corrected chi connectivity index (χ1v) is 7.98. The van der Waals surface area contributed by atoms with E-state index in [4.69, 9.17) is 21.5 Å². The van der Waals surface area contributed by atoms with Crippen LogP contribution in [0.15, 0.2) is 17.0 Å². The van der Waals surface area contributed by atoms with E-state index in [1.54, 1.807) is 7.11 Å². The van der Waals surface area contributed by atoms with Gasteiger partial charge >= 0.3 is 0 Å². The number of benzene rings is 1. The molecule has 0 saturated carbocycles. The summed E-state index contributed by atoms with van der Waals surface area (Å²) in [6.45, 7) is 0.934. The maximum absolute atomic E-state index is 13.5. The summed E-state index contributed by atoms with van der Waals surface area (Å²) in [6, 6.07) is 1.58. The van der Waals surface area contributed by atoms with Crippen molar-refractivity contribution in [3.8, 4) is 0 Å². The molecule has 0 radical (unpaired) electrons. The third-order valence-corrected chi connectivity index (χ3v) is 3.87. The fourth-order valence-corrected chi connectivity index (χ4v) is 2.44. The topological polar surface area (TPSA) is 98.5 Å². The van der Waals surface area contributed by atoms with E-state index < -0.39 is 26.6 Å². The molecule has 0 spiro atoms. The van der Waals surface area contributed by atoms with E-state index in [9.17, 15) is 17.6 Å². The highest BCUT2D eigenvalue weighted by Gasteiger charge is 2.20. The number of sulfonamides is 1. The van der Waals surface area contributed by atoms with E-state index in [0.29, 0.717) is 19.6 Å². The lowest BCUT2D eigenvalue weighted by Crippen LogP contribution is -2.26. The van der Waals surface area contributed by atoms with E-state index in [1.165, 1.54) is 0 Å². The van der Waals surface area contributed by atoms with Crippen LogP contribution in [0, 0.1) is 5.82 Å². The summed E-state index contributed by atoms with van der Waals surface area (Å²) in [5.41, 5.74) is -0.145. The first-order valence-electron chi connectivity index (χ1n) is 6.06. The largest absolute Gasteiger partial charge is 0.385 e. The van der Waals surface area contributed by atoms with Gasteiger partial charge in [-0.05, 0) is 25.0 Å². The van der Waals surface area contributed by atoms with Crippen LogP contribution >= 0.6 is 11.6 Å². The maximum Gasteiger partial charge on any atom is 0.252 e. The van der Waals surface area contributed by atoms with Crippen LogP contribution in [0.2, 0.25) is 5.02 Å². The Balaban J connectivity index is 2.85.